The van der Waals surface area contributed by atoms with E-state index in [4.69, 9.17) is 0 Å². The third kappa shape index (κ3) is 4.45. The molecule has 0 fully saturated rings. The maximum Gasteiger partial charge on any atom is 0.241 e. The molecule has 116 valence electrons. The lowest BCUT2D eigenvalue weighted by Crippen LogP contribution is -2.37. The van der Waals surface area contributed by atoms with E-state index in [-0.39, 0.29) is 24.1 Å². The molecule has 1 aliphatic heterocycles. The number of nitrogens with zero attached hydrogens (tertiary/aromatic N) is 4. The minimum Gasteiger partial charge on any atom is -0.347 e. The summed E-state index contributed by atoms with van der Waals surface area (Å²) >= 11 is 1.37. The maximum atomic E-state index is 11.7. The van der Waals surface area contributed by atoms with Crippen LogP contribution in [0.25, 0.3) is 0 Å². The van der Waals surface area contributed by atoms with Crippen LogP contribution >= 0.6 is 11.8 Å². The molecule has 2 amide bonds. The van der Waals surface area contributed by atoms with Gasteiger partial charge in [-0.25, -0.2) is 0 Å². The highest BCUT2D eigenvalue weighted by atomic mass is 32.2. The number of thioether (sulfide) groups is 1. The molecular weight excluding hydrogens is 290 g/mol. The van der Waals surface area contributed by atoms with Crippen LogP contribution in [-0.4, -0.2) is 57.9 Å². The highest BCUT2D eigenvalue weighted by Gasteiger charge is 2.16. The number of carbonyl (C=O) groups excluding carboxylic acids is 2. The molecule has 0 unspecified atom stereocenters. The molecular formula is C13H21N5O2S. The molecule has 1 N–H and O–H groups in total. The number of aromatic nitrogens is 3. The first-order valence-electron chi connectivity index (χ1n) is 7.09. The topological polar surface area (TPSA) is 80.1 Å². The summed E-state index contributed by atoms with van der Waals surface area (Å²) in [5.74, 6) is 0.975. The number of rotatable bonds is 5. The van der Waals surface area contributed by atoms with Gasteiger partial charge in [-0.15, -0.1) is 10.2 Å². The van der Waals surface area contributed by atoms with Crippen molar-refractivity contribution in [3.8, 4) is 0 Å². The van der Waals surface area contributed by atoms with Crippen LogP contribution in [0.4, 0.5) is 0 Å². The molecule has 0 atom stereocenters. The fraction of sp³-hybridized carbons (Fsp3) is 0.692. The average molecular weight is 311 g/mol. The van der Waals surface area contributed by atoms with E-state index >= 15 is 0 Å². The van der Waals surface area contributed by atoms with Gasteiger partial charge in [0.25, 0.3) is 0 Å². The van der Waals surface area contributed by atoms with Gasteiger partial charge in [-0.05, 0) is 12.8 Å². The van der Waals surface area contributed by atoms with Gasteiger partial charge in [-0.2, -0.15) is 0 Å². The van der Waals surface area contributed by atoms with E-state index in [1.165, 1.54) is 23.1 Å². The van der Waals surface area contributed by atoms with Crippen molar-refractivity contribution in [3.05, 3.63) is 5.82 Å². The normalized spacial score (nSPS) is 14.2. The predicted molar refractivity (Wildman–Crippen MR) is 80.0 cm³/mol. The second-order valence-electron chi connectivity index (χ2n) is 5.21. The predicted octanol–water partition coefficient (Wildman–Crippen LogP) is 0.301. The van der Waals surface area contributed by atoms with Crippen LogP contribution < -0.4 is 5.32 Å². The van der Waals surface area contributed by atoms with E-state index in [1.807, 2.05) is 0 Å². The van der Waals surface area contributed by atoms with Crippen LogP contribution in [0.5, 0.6) is 0 Å². The smallest absolute Gasteiger partial charge is 0.241 e. The van der Waals surface area contributed by atoms with Gasteiger partial charge < -0.3 is 14.8 Å². The Kier molecular flexibility index (Phi) is 5.60. The summed E-state index contributed by atoms with van der Waals surface area (Å²) < 4.78 is 2.11. The Labute approximate surface area is 128 Å². The maximum absolute atomic E-state index is 11.7. The number of carbonyl (C=O) groups is 2. The van der Waals surface area contributed by atoms with Crippen molar-refractivity contribution >= 4 is 23.6 Å². The van der Waals surface area contributed by atoms with Crippen molar-refractivity contribution in [2.75, 3.05) is 26.4 Å². The summed E-state index contributed by atoms with van der Waals surface area (Å²) in [4.78, 5) is 24.6. The van der Waals surface area contributed by atoms with E-state index < -0.39 is 0 Å². The second-order valence-corrected chi connectivity index (χ2v) is 6.16. The first-order chi connectivity index (χ1) is 10.1. The zero-order valence-corrected chi connectivity index (χ0v) is 13.3. The first-order valence-corrected chi connectivity index (χ1v) is 8.08. The zero-order valence-electron chi connectivity index (χ0n) is 12.5. The standard InChI is InChI=1S/C13H21N5O2S/c1-17(2)12(20)8-14-11(19)9-21-13-16-15-10-6-4-3-5-7-18(10)13/h3-9H2,1-2H3,(H,14,19). The molecule has 1 aromatic rings. The fourth-order valence-electron chi connectivity index (χ4n) is 2.08. The lowest BCUT2D eigenvalue weighted by molar-refractivity contribution is -0.130. The summed E-state index contributed by atoms with van der Waals surface area (Å²) in [6, 6.07) is 0. The lowest BCUT2D eigenvalue weighted by atomic mass is 10.2. The summed E-state index contributed by atoms with van der Waals surface area (Å²) in [7, 11) is 3.32. The van der Waals surface area contributed by atoms with Crippen LogP contribution in [0.3, 0.4) is 0 Å². The van der Waals surface area contributed by atoms with E-state index in [2.05, 4.69) is 20.1 Å². The van der Waals surface area contributed by atoms with Crippen LogP contribution in [0, 0.1) is 0 Å². The van der Waals surface area contributed by atoms with E-state index in [0.717, 1.165) is 36.8 Å². The number of nitrogens with one attached hydrogen (secondary N) is 1. The minimum absolute atomic E-state index is 0.0321. The molecule has 0 spiro atoms. The van der Waals surface area contributed by atoms with Crippen molar-refractivity contribution in [2.24, 2.45) is 0 Å². The van der Waals surface area contributed by atoms with E-state index in [1.54, 1.807) is 14.1 Å². The summed E-state index contributed by atoms with van der Waals surface area (Å²) in [5.41, 5.74) is 0. The fourth-order valence-corrected chi connectivity index (χ4v) is 2.89. The third-order valence-corrected chi connectivity index (χ3v) is 4.31. The molecule has 1 aliphatic rings. The van der Waals surface area contributed by atoms with Crippen LogP contribution in [0.2, 0.25) is 0 Å². The molecule has 2 rings (SSSR count). The molecule has 21 heavy (non-hydrogen) atoms. The SMILES string of the molecule is CN(C)C(=O)CNC(=O)CSc1nnc2n1CCCCC2. The van der Waals surface area contributed by atoms with Crippen molar-refractivity contribution in [3.63, 3.8) is 0 Å². The summed E-state index contributed by atoms with van der Waals surface area (Å²) in [5, 5.41) is 11.8. The Hall–Kier alpha value is -1.57. The lowest BCUT2D eigenvalue weighted by Gasteiger charge is -2.11. The van der Waals surface area contributed by atoms with Gasteiger partial charge in [-0.1, -0.05) is 18.2 Å². The monoisotopic (exact) mass is 311 g/mol. The van der Waals surface area contributed by atoms with Gasteiger partial charge in [0.05, 0.1) is 12.3 Å². The molecule has 8 heteroatoms. The number of hydrogen-bond donors (Lipinski definition) is 1. The molecule has 0 aromatic carbocycles. The third-order valence-electron chi connectivity index (χ3n) is 3.34. The first kappa shape index (κ1) is 15.8. The molecule has 0 aliphatic carbocycles. The quantitative estimate of drug-likeness (QED) is 0.791. The van der Waals surface area contributed by atoms with Gasteiger partial charge in [-0.3, -0.25) is 9.59 Å². The average Bonchev–Trinajstić information content (AvgIpc) is 2.69. The number of likely N-dealkylation sites (N-methyl/N-ethyl adjacent to an activating group) is 1. The van der Waals surface area contributed by atoms with Gasteiger partial charge in [0.15, 0.2) is 5.16 Å². The van der Waals surface area contributed by atoms with Crippen LogP contribution in [0.15, 0.2) is 5.16 Å². The van der Waals surface area contributed by atoms with Gasteiger partial charge in [0, 0.05) is 27.1 Å². The van der Waals surface area contributed by atoms with Gasteiger partial charge >= 0.3 is 0 Å². The Balaban J connectivity index is 1.82. The molecule has 0 radical (unpaired) electrons. The number of amides is 2. The number of aryl methyl sites for hydroxylation is 1. The van der Waals surface area contributed by atoms with E-state index in [0.29, 0.717) is 0 Å². The molecule has 1 aromatic heterocycles. The molecule has 0 bridgehead atoms. The second kappa shape index (κ2) is 7.44. The van der Waals surface area contributed by atoms with Gasteiger partial charge in [0.2, 0.25) is 11.8 Å². The largest absolute Gasteiger partial charge is 0.347 e. The minimum atomic E-state index is -0.166. The number of fused-ring (bicyclic) bond motifs is 1. The van der Waals surface area contributed by atoms with Crippen molar-refractivity contribution < 1.29 is 9.59 Å². The zero-order chi connectivity index (χ0) is 15.2. The Morgan fingerprint density at radius 3 is 2.86 bits per heavy atom. The van der Waals surface area contributed by atoms with Crippen LogP contribution in [-0.2, 0) is 22.6 Å². The highest BCUT2D eigenvalue weighted by molar-refractivity contribution is 7.99. The number of hydrogen-bond acceptors (Lipinski definition) is 5. The molecule has 0 saturated heterocycles. The summed E-state index contributed by atoms with van der Waals surface area (Å²) in [6.45, 7) is 0.954. The molecule has 0 saturated carbocycles. The molecule has 2 heterocycles. The van der Waals surface area contributed by atoms with Crippen molar-refractivity contribution in [1.82, 2.24) is 25.0 Å². The highest BCUT2D eigenvalue weighted by Crippen LogP contribution is 2.21. The Morgan fingerprint density at radius 1 is 1.29 bits per heavy atom. The van der Waals surface area contributed by atoms with Crippen LogP contribution in [0.1, 0.15) is 25.1 Å². The van der Waals surface area contributed by atoms with E-state index in [9.17, 15) is 9.59 Å². The molecule has 7 nitrogen and oxygen atoms in total. The van der Waals surface area contributed by atoms with Crippen molar-refractivity contribution in [2.45, 2.75) is 37.4 Å². The Morgan fingerprint density at radius 2 is 2.10 bits per heavy atom. The van der Waals surface area contributed by atoms with Gasteiger partial charge in [0.1, 0.15) is 5.82 Å². The Bertz CT molecular complexity index is 515. The van der Waals surface area contributed by atoms with Crippen molar-refractivity contribution in [1.29, 1.82) is 0 Å². The summed E-state index contributed by atoms with van der Waals surface area (Å²) in [6.07, 6.45) is 4.44.